The molecule has 0 atom stereocenters. The van der Waals surface area contributed by atoms with Gasteiger partial charge in [0, 0.05) is 31.9 Å². The maximum atomic E-state index is 12.4. The molecule has 0 saturated carbocycles. The van der Waals surface area contributed by atoms with Crippen LogP contribution in [-0.2, 0) is 14.3 Å². The molecular formula is C17H24N2O3. The number of para-hydroxylation sites is 1. The van der Waals surface area contributed by atoms with E-state index in [1.54, 1.807) is 0 Å². The van der Waals surface area contributed by atoms with Crippen LogP contribution in [0.5, 0.6) is 0 Å². The molecule has 0 radical (unpaired) electrons. The summed E-state index contributed by atoms with van der Waals surface area (Å²) in [6, 6.07) is 10.4. The van der Waals surface area contributed by atoms with Crippen LogP contribution in [0.1, 0.15) is 19.3 Å². The SMILES string of the molecule is O=C(CC1OCCCO1)N1CCCN(c2ccccc2)CC1. The van der Waals surface area contributed by atoms with Crippen molar-refractivity contribution in [3.8, 4) is 0 Å². The van der Waals surface area contributed by atoms with Gasteiger partial charge < -0.3 is 19.3 Å². The quantitative estimate of drug-likeness (QED) is 0.855. The summed E-state index contributed by atoms with van der Waals surface area (Å²) in [4.78, 5) is 16.7. The van der Waals surface area contributed by atoms with Gasteiger partial charge in [0.05, 0.1) is 19.6 Å². The number of rotatable bonds is 3. The number of nitrogens with zero attached hydrogens (tertiary/aromatic N) is 2. The zero-order valence-electron chi connectivity index (χ0n) is 12.9. The first-order valence-electron chi connectivity index (χ1n) is 8.14. The van der Waals surface area contributed by atoms with Crippen LogP contribution in [0.4, 0.5) is 5.69 Å². The maximum Gasteiger partial charge on any atom is 0.227 e. The van der Waals surface area contributed by atoms with E-state index in [1.807, 2.05) is 11.0 Å². The summed E-state index contributed by atoms with van der Waals surface area (Å²) in [5.74, 6) is 0.141. The zero-order valence-corrected chi connectivity index (χ0v) is 12.9. The van der Waals surface area contributed by atoms with Crippen LogP contribution in [0.15, 0.2) is 30.3 Å². The number of benzene rings is 1. The van der Waals surface area contributed by atoms with E-state index in [0.717, 1.165) is 39.0 Å². The molecule has 2 aliphatic heterocycles. The number of ether oxygens (including phenoxy) is 2. The highest BCUT2D eigenvalue weighted by Gasteiger charge is 2.24. The van der Waals surface area contributed by atoms with Crippen molar-refractivity contribution < 1.29 is 14.3 Å². The topological polar surface area (TPSA) is 42.0 Å². The van der Waals surface area contributed by atoms with E-state index in [2.05, 4.69) is 29.2 Å². The molecule has 2 saturated heterocycles. The summed E-state index contributed by atoms with van der Waals surface area (Å²) in [6.07, 6.45) is 1.90. The van der Waals surface area contributed by atoms with Crippen molar-refractivity contribution in [2.24, 2.45) is 0 Å². The van der Waals surface area contributed by atoms with E-state index in [-0.39, 0.29) is 12.2 Å². The fraction of sp³-hybridized carbons (Fsp3) is 0.588. The highest BCUT2D eigenvalue weighted by atomic mass is 16.7. The van der Waals surface area contributed by atoms with Gasteiger partial charge in [0.2, 0.25) is 5.91 Å². The van der Waals surface area contributed by atoms with Gasteiger partial charge in [-0.15, -0.1) is 0 Å². The van der Waals surface area contributed by atoms with Crippen LogP contribution in [0.25, 0.3) is 0 Å². The number of amides is 1. The fourth-order valence-corrected chi connectivity index (χ4v) is 2.99. The summed E-state index contributed by atoms with van der Waals surface area (Å²) in [7, 11) is 0. The minimum Gasteiger partial charge on any atom is -0.370 e. The Kier molecular flexibility index (Phi) is 5.29. The van der Waals surface area contributed by atoms with Crippen molar-refractivity contribution in [2.45, 2.75) is 25.6 Å². The molecule has 120 valence electrons. The van der Waals surface area contributed by atoms with Crippen LogP contribution in [-0.4, -0.2) is 56.5 Å². The maximum absolute atomic E-state index is 12.4. The molecule has 1 aromatic carbocycles. The van der Waals surface area contributed by atoms with Gasteiger partial charge in [-0.25, -0.2) is 0 Å². The first kappa shape index (κ1) is 15.3. The lowest BCUT2D eigenvalue weighted by atomic mass is 10.3. The highest BCUT2D eigenvalue weighted by molar-refractivity contribution is 5.76. The molecule has 0 bridgehead atoms. The van der Waals surface area contributed by atoms with Crippen molar-refractivity contribution in [3.63, 3.8) is 0 Å². The Morgan fingerprint density at radius 1 is 1.00 bits per heavy atom. The van der Waals surface area contributed by atoms with Crippen LogP contribution >= 0.6 is 0 Å². The second-order valence-electron chi connectivity index (χ2n) is 5.79. The smallest absolute Gasteiger partial charge is 0.227 e. The molecule has 2 aliphatic rings. The standard InChI is InChI=1S/C17H24N2O3/c20-16(14-17-21-12-5-13-22-17)19-9-4-8-18(10-11-19)15-6-2-1-3-7-15/h1-3,6-7,17H,4-5,8-14H2. The summed E-state index contributed by atoms with van der Waals surface area (Å²) >= 11 is 0. The van der Waals surface area contributed by atoms with Gasteiger partial charge in [-0.3, -0.25) is 4.79 Å². The minimum atomic E-state index is -0.352. The molecule has 0 spiro atoms. The lowest BCUT2D eigenvalue weighted by molar-refractivity contribution is -0.186. The van der Waals surface area contributed by atoms with E-state index in [1.165, 1.54) is 5.69 Å². The van der Waals surface area contributed by atoms with E-state index in [4.69, 9.17) is 9.47 Å². The molecule has 1 amide bonds. The molecule has 5 nitrogen and oxygen atoms in total. The largest absolute Gasteiger partial charge is 0.370 e. The molecule has 0 aliphatic carbocycles. The van der Waals surface area contributed by atoms with Gasteiger partial charge in [0.15, 0.2) is 6.29 Å². The Hall–Kier alpha value is -1.59. The van der Waals surface area contributed by atoms with Gasteiger partial charge in [0.1, 0.15) is 0 Å². The second kappa shape index (κ2) is 7.61. The predicted octanol–water partition coefficient (Wildman–Crippen LogP) is 1.88. The molecule has 22 heavy (non-hydrogen) atoms. The van der Waals surface area contributed by atoms with Crippen molar-refractivity contribution in [1.82, 2.24) is 4.90 Å². The van der Waals surface area contributed by atoms with Gasteiger partial charge in [-0.05, 0) is 25.0 Å². The van der Waals surface area contributed by atoms with Crippen LogP contribution in [0.2, 0.25) is 0 Å². The van der Waals surface area contributed by atoms with E-state index < -0.39 is 0 Å². The van der Waals surface area contributed by atoms with E-state index >= 15 is 0 Å². The van der Waals surface area contributed by atoms with Gasteiger partial charge in [-0.1, -0.05) is 18.2 Å². The minimum absolute atomic E-state index is 0.141. The normalized spacial score (nSPS) is 20.7. The first-order valence-corrected chi connectivity index (χ1v) is 8.14. The second-order valence-corrected chi connectivity index (χ2v) is 5.79. The zero-order chi connectivity index (χ0) is 15.2. The van der Waals surface area contributed by atoms with Crippen molar-refractivity contribution >= 4 is 11.6 Å². The molecule has 0 aromatic heterocycles. The molecular weight excluding hydrogens is 280 g/mol. The number of anilines is 1. The molecule has 0 unspecified atom stereocenters. The van der Waals surface area contributed by atoms with Crippen molar-refractivity contribution in [2.75, 3.05) is 44.3 Å². The Morgan fingerprint density at radius 2 is 1.77 bits per heavy atom. The lowest BCUT2D eigenvalue weighted by Crippen LogP contribution is -2.38. The van der Waals surface area contributed by atoms with Crippen molar-refractivity contribution in [3.05, 3.63) is 30.3 Å². The Balaban J connectivity index is 1.52. The molecule has 3 rings (SSSR count). The van der Waals surface area contributed by atoms with Gasteiger partial charge >= 0.3 is 0 Å². The average Bonchev–Trinajstić information content (AvgIpc) is 2.83. The van der Waals surface area contributed by atoms with Crippen LogP contribution in [0, 0.1) is 0 Å². The monoisotopic (exact) mass is 304 g/mol. The summed E-state index contributed by atoms with van der Waals surface area (Å²) in [5.41, 5.74) is 1.23. The average molecular weight is 304 g/mol. The third kappa shape index (κ3) is 3.99. The summed E-state index contributed by atoms with van der Waals surface area (Å²) < 4.78 is 11.0. The predicted molar refractivity (Wildman–Crippen MR) is 84.8 cm³/mol. The van der Waals surface area contributed by atoms with E-state index in [0.29, 0.717) is 19.6 Å². The number of carbonyl (C=O) groups excluding carboxylic acids is 1. The molecule has 0 N–H and O–H groups in total. The highest BCUT2D eigenvalue weighted by Crippen LogP contribution is 2.17. The lowest BCUT2D eigenvalue weighted by Gasteiger charge is -2.27. The van der Waals surface area contributed by atoms with Crippen LogP contribution in [0.3, 0.4) is 0 Å². The molecule has 5 heteroatoms. The summed E-state index contributed by atoms with van der Waals surface area (Å²) in [5, 5.41) is 0. The van der Waals surface area contributed by atoms with Gasteiger partial charge in [-0.2, -0.15) is 0 Å². The first-order chi connectivity index (χ1) is 10.8. The third-order valence-electron chi connectivity index (χ3n) is 4.21. The molecule has 2 heterocycles. The Morgan fingerprint density at radius 3 is 2.55 bits per heavy atom. The number of hydrogen-bond donors (Lipinski definition) is 0. The molecule has 2 fully saturated rings. The molecule has 1 aromatic rings. The van der Waals surface area contributed by atoms with Gasteiger partial charge in [0.25, 0.3) is 0 Å². The Labute approximate surface area is 131 Å². The van der Waals surface area contributed by atoms with Crippen LogP contribution < -0.4 is 4.90 Å². The van der Waals surface area contributed by atoms with E-state index in [9.17, 15) is 4.79 Å². The summed E-state index contributed by atoms with van der Waals surface area (Å²) in [6.45, 7) is 4.83. The van der Waals surface area contributed by atoms with Crippen molar-refractivity contribution in [1.29, 1.82) is 0 Å². The fourth-order valence-electron chi connectivity index (χ4n) is 2.99. The Bertz CT molecular complexity index is 474. The number of carbonyl (C=O) groups is 1. The third-order valence-corrected chi connectivity index (χ3v) is 4.21. The number of hydrogen-bond acceptors (Lipinski definition) is 4.